The molecule has 0 aliphatic rings. The van der Waals surface area contributed by atoms with Crippen LogP contribution in [0.2, 0.25) is 0 Å². The lowest BCUT2D eigenvalue weighted by molar-refractivity contribution is 0.413. The smallest absolute Gasteiger partial charge is 0.136 e. The molecule has 0 saturated heterocycles. The van der Waals surface area contributed by atoms with Crippen molar-refractivity contribution in [3.63, 3.8) is 0 Å². The van der Waals surface area contributed by atoms with Gasteiger partial charge < -0.3 is 15.0 Å². The Bertz CT molecular complexity index is 843. The van der Waals surface area contributed by atoms with Crippen LogP contribution in [0.25, 0.3) is 10.9 Å². The van der Waals surface area contributed by atoms with E-state index < -0.39 is 0 Å². The molecule has 0 spiro atoms. The number of para-hydroxylation sites is 1. The lowest BCUT2D eigenvalue weighted by atomic mass is 10.1. The van der Waals surface area contributed by atoms with E-state index in [1.54, 1.807) is 7.11 Å². The molecule has 104 valence electrons. The minimum Gasteiger partial charge on any atom is -0.495 e. The number of fused-ring (bicyclic) bond motifs is 1. The van der Waals surface area contributed by atoms with Crippen molar-refractivity contribution in [3.8, 4) is 11.8 Å². The first kappa shape index (κ1) is 13.1. The molecule has 0 aliphatic carbocycles. The summed E-state index contributed by atoms with van der Waals surface area (Å²) in [6, 6.07) is 15.7. The van der Waals surface area contributed by atoms with E-state index in [-0.39, 0.29) is 0 Å². The largest absolute Gasteiger partial charge is 0.495 e. The van der Waals surface area contributed by atoms with E-state index in [0.29, 0.717) is 17.9 Å². The number of nitrogens with zero attached hydrogens (tertiary/aromatic N) is 2. The summed E-state index contributed by atoms with van der Waals surface area (Å²) >= 11 is 0. The van der Waals surface area contributed by atoms with Gasteiger partial charge in [0.05, 0.1) is 23.9 Å². The molecule has 0 aliphatic heterocycles. The van der Waals surface area contributed by atoms with Crippen LogP contribution in [0.4, 0.5) is 5.69 Å². The zero-order chi connectivity index (χ0) is 14.8. The predicted molar refractivity (Wildman–Crippen MR) is 83.2 cm³/mol. The highest BCUT2D eigenvalue weighted by Crippen LogP contribution is 2.24. The number of ether oxygens (including phenoxy) is 1. The van der Waals surface area contributed by atoms with Gasteiger partial charge in [-0.25, -0.2) is 0 Å². The van der Waals surface area contributed by atoms with Crippen molar-refractivity contribution in [2.24, 2.45) is 0 Å². The molecule has 0 amide bonds. The van der Waals surface area contributed by atoms with Gasteiger partial charge in [-0.1, -0.05) is 18.2 Å². The quantitative estimate of drug-likeness (QED) is 0.748. The van der Waals surface area contributed by atoms with Crippen LogP contribution in [0.1, 0.15) is 11.1 Å². The molecule has 0 bridgehead atoms. The number of rotatable bonds is 3. The van der Waals surface area contributed by atoms with Gasteiger partial charge in [0.2, 0.25) is 0 Å². The Morgan fingerprint density at radius 3 is 2.86 bits per heavy atom. The van der Waals surface area contributed by atoms with Crippen LogP contribution >= 0.6 is 0 Å². The van der Waals surface area contributed by atoms with Crippen LogP contribution in [0.5, 0.6) is 5.75 Å². The van der Waals surface area contributed by atoms with Crippen LogP contribution in [-0.2, 0) is 6.54 Å². The minimum absolute atomic E-state index is 0.541. The van der Waals surface area contributed by atoms with E-state index in [2.05, 4.69) is 10.6 Å². The van der Waals surface area contributed by atoms with Crippen molar-refractivity contribution in [1.82, 2.24) is 4.57 Å². The molecule has 2 aromatic carbocycles. The zero-order valence-corrected chi connectivity index (χ0v) is 11.7. The van der Waals surface area contributed by atoms with Crippen molar-refractivity contribution in [3.05, 3.63) is 59.8 Å². The molecule has 21 heavy (non-hydrogen) atoms. The first-order valence-corrected chi connectivity index (χ1v) is 6.63. The third-order valence-corrected chi connectivity index (χ3v) is 3.56. The number of aromatic nitrogens is 1. The number of hydrogen-bond donors (Lipinski definition) is 1. The lowest BCUT2D eigenvalue weighted by Gasteiger charge is -2.09. The van der Waals surface area contributed by atoms with Gasteiger partial charge in [-0.2, -0.15) is 5.26 Å². The highest BCUT2D eigenvalue weighted by Gasteiger charge is 2.07. The highest BCUT2D eigenvalue weighted by molar-refractivity contribution is 5.90. The number of methoxy groups -OCH3 is 1. The Kier molecular flexibility index (Phi) is 3.25. The molecule has 2 N–H and O–H groups in total. The fourth-order valence-electron chi connectivity index (χ4n) is 2.56. The second kappa shape index (κ2) is 5.22. The molecular weight excluding hydrogens is 262 g/mol. The topological polar surface area (TPSA) is 64.0 Å². The van der Waals surface area contributed by atoms with Crippen LogP contribution in [0.15, 0.2) is 48.7 Å². The van der Waals surface area contributed by atoms with E-state index in [0.717, 1.165) is 22.2 Å². The summed E-state index contributed by atoms with van der Waals surface area (Å²) in [7, 11) is 1.57. The third-order valence-electron chi connectivity index (χ3n) is 3.56. The molecule has 1 heterocycles. The van der Waals surface area contributed by atoms with Gasteiger partial charge in [0, 0.05) is 18.1 Å². The monoisotopic (exact) mass is 277 g/mol. The summed E-state index contributed by atoms with van der Waals surface area (Å²) in [6.07, 6.45) is 2.01. The van der Waals surface area contributed by atoms with Crippen molar-refractivity contribution < 1.29 is 4.74 Å². The maximum atomic E-state index is 9.16. The molecule has 1 aromatic heterocycles. The van der Waals surface area contributed by atoms with Gasteiger partial charge in [0.25, 0.3) is 0 Å². The van der Waals surface area contributed by atoms with E-state index in [1.807, 2.05) is 48.7 Å². The number of nitriles is 1. The zero-order valence-electron chi connectivity index (χ0n) is 11.7. The third kappa shape index (κ3) is 2.30. The second-order valence-electron chi connectivity index (χ2n) is 4.88. The first-order valence-electron chi connectivity index (χ1n) is 6.63. The van der Waals surface area contributed by atoms with Crippen LogP contribution < -0.4 is 10.5 Å². The number of nitrogens with two attached hydrogens (primary N) is 1. The molecule has 3 aromatic rings. The van der Waals surface area contributed by atoms with Crippen LogP contribution in [0, 0.1) is 11.3 Å². The van der Waals surface area contributed by atoms with E-state index in [9.17, 15) is 0 Å². The second-order valence-corrected chi connectivity index (χ2v) is 4.88. The predicted octanol–water partition coefficient (Wildman–Crippen LogP) is 3.15. The van der Waals surface area contributed by atoms with E-state index in [4.69, 9.17) is 15.7 Å². The van der Waals surface area contributed by atoms with Crippen LogP contribution in [-0.4, -0.2) is 11.7 Å². The molecule has 0 radical (unpaired) electrons. The molecule has 0 unspecified atom stereocenters. The summed E-state index contributed by atoms with van der Waals surface area (Å²) in [6.45, 7) is 0.663. The number of nitrogen functional groups attached to an aromatic ring is 1. The maximum Gasteiger partial charge on any atom is 0.136 e. The lowest BCUT2D eigenvalue weighted by Crippen LogP contribution is -2.01. The standard InChI is InChI=1S/C17H15N3O/c1-21-16-6-5-12(9-14(16)10-18)11-20-8-7-13-3-2-4-15(19)17(13)20/h2-9H,11,19H2,1H3. The van der Waals surface area contributed by atoms with Gasteiger partial charge in [0.15, 0.2) is 0 Å². The van der Waals surface area contributed by atoms with Crippen molar-refractivity contribution in [2.45, 2.75) is 6.54 Å². The summed E-state index contributed by atoms with van der Waals surface area (Å²) < 4.78 is 7.26. The number of hydrogen-bond acceptors (Lipinski definition) is 3. The van der Waals surface area contributed by atoms with Crippen molar-refractivity contribution in [1.29, 1.82) is 5.26 Å². The number of benzene rings is 2. The van der Waals surface area contributed by atoms with Crippen molar-refractivity contribution >= 4 is 16.6 Å². The van der Waals surface area contributed by atoms with Gasteiger partial charge in [-0.05, 0) is 29.8 Å². The van der Waals surface area contributed by atoms with Crippen LogP contribution in [0.3, 0.4) is 0 Å². The fourth-order valence-corrected chi connectivity index (χ4v) is 2.56. The Morgan fingerprint density at radius 2 is 2.10 bits per heavy atom. The summed E-state index contributed by atoms with van der Waals surface area (Å²) in [4.78, 5) is 0. The van der Waals surface area contributed by atoms with Gasteiger partial charge in [-0.15, -0.1) is 0 Å². The Morgan fingerprint density at radius 1 is 1.24 bits per heavy atom. The van der Waals surface area contributed by atoms with E-state index >= 15 is 0 Å². The van der Waals surface area contributed by atoms with Gasteiger partial charge >= 0.3 is 0 Å². The average molecular weight is 277 g/mol. The van der Waals surface area contributed by atoms with Crippen molar-refractivity contribution in [2.75, 3.05) is 12.8 Å². The van der Waals surface area contributed by atoms with Gasteiger partial charge in [0.1, 0.15) is 11.8 Å². The molecule has 4 heteroatoms. The summed E-state index contributed by atoms with van der Waals surface area (Å²) in [5.41, 5.74) is 9.42. The summed E-state index contributed by atoms with van der Waals surface area (Å²) in [5.74, 6) is 0.595. The molecule has 0 atom stereocenters. The Balaban J connectivity index is 2.01. The number of anilines is 1. The molecule has 4 nitrogen and oxygen atoms in total. The summed E-state index contributed by atoms with van der Waals surface area (Å²) in [5, 5.41) is 10.3. The maximum absolute atomic E-state index is 9.16. The highest BCUT2D eigenvalue weighted by atomic mass is 16.5. The normalized spacial score (nSPS) is 10.5. The van der Waals surface area contributed by atoms with E-state index in [1.165, 1.54) is 0 Å². The SMILES string of the molecule is COc1ccc(Cn2ccc3cccc(N)c32)cc1C#N. The molecule has 0 saturated carbocycles. The van der Waals surface area contributed by atoms with Gasteiger partial charge in [-0.3, -0.25) is 0 Å². The molecular formula is C17H15N3O. The first-order chi connectivity index (χ1) is 10.2. The fraction of sp³-hybridized carbons (Fsp3) is 0.118. The molecule has 0 fully saturated rings. The molecule has 3 rings (SSSR count). The minimum atomic E-state index is 0.541. The Labute approximate surface area is 123 Å². The average Bonchev–Trinajstić information content (AvgIpc) is 2.91. The Hall–Kier alpha value is -2.93.